The highest BCUT2D eigenvalue weighted by molar-refractivity contribution is 5.75. The third-order valence-electron chi connectivity index (χ3n) is 3.31. The molecule has 0 N–H and O–H groups in total. The summed E-state index contributed by atoms with van der Waals surface area (Å²) in [5.41, 5.74) is 1.03. The fraction of sp³-hybridized carbons (Fsp3) is 0.500. The van der Waals surface area contributed by atoms with E-state index in [4.69, 9.17) is 14.2 Å². The first-order chi connectivity index (χ1) is 9.84. The predicted molar refractivity (Wildman–Crippen MR) is 75.9 cm³/mol. The molecule has 1 aromatic rings. The average molecular weight is 292 g/mol. The maximum atomic E-state index is 11.8. The van der Waals surface area contributed by atoms with E-state index in [1.54, 1.807) is 19.9 Å². The van der Waals surface area contributed by atoms with E-state index in [9.17, 15) is 9.59 Å². The Bertz CT molecular complexity index is 558. The number of hydrogen-bond donors (Lipinski definition) is 0. The highest BCUT2D eigenvalue weighted by Gasteiger charge is 2.50. The summed E-state index contributed by atoms with van der Waals surface area (Å²) in [6.07, 6.45) is 0. The summed E-state index contributed by atoms with van der Waals surface area (Å²) >= 11 is 0. The van der Waals surface area contributed by atoms with Crippen LogP contribution in [0.4, 0.5) is 0 Å². The summed E-state index contributed by atoms with van der Waals surface area (Å²) in [5, 5.41) is 0. The van der Waals surface area contributed by atoms with Crippen molar-refractivity contribution in [2.75, 3.05) is 13.2 Å². The van der Waals surface area contributed by atoms with Gasteiger partial charge in [0.15, 0.2) is 5.60 Å². The topological polar surface area (TPSA) is 65.1 Å². The van der Waals surface area contributed by atoms with Crippen molar-refractivity contribution in [1.82, 2.24) is 0 Å². The number of carbonyl (C=O) groups excluding carboxylic acids is 2. The molecule has 1 unspecified atom stereocenters. The van der Waals surface area contributed by atoms with Crippen molar-refractivity contribution in [2.45, 2.75) is 33.3 Å². The van der Waals surface area contributed by atoms with Crippen LogP contribution in [0, 0.1) is 12.8 Å². The maximum Gasteiger partial charge on any atom is 0.313 e. The van der Waals surface area contributed by atoms with Gasteiger partial charge in [-0.1, -0.05) is 26.0 Å². The minimum absolute atomic E-state index is 0.123. The first-order valence-corrected chi connectivity index (χ1v) is 6.94. The maximum absolute atomic E-state index is 11.8. The molecule has 1 aromatic carbocycles. The van der Waals surface area contributed by atoms with E-state index >= 15 is 0 Å². The molecule has 2 rings (SSSR count). The lowest BCUT2D eigenvalue weighted by atomic mass is 9.98. The first-order valence-electron chi connectivity index (χ1n) is 6.94. The van der Waals surface area contributed by atoms with Gasteiger partial charge in [0.2, 0.25) is 0 Å². The number of ether oxygens (including phenoxy) is 3. The van der Waals surface area contributed by atoms with Crippen LogP contribution >= 0.6 is 0 Å². The molecule has 5 heteroatoms. The Kier molecular flexibility index (Phi) is 4.32. The molecule has 0 aliphatic carbocycles. The van der Waals surface area contributed by atoms with E-state index in [-0.39, 0.29) is 24.5 Å². The quantitative estimate of drug-likeness (QED) is 0.473. The van der Waals surface area contributed by atoms with Crippen LogP contribution in [0.15, 0.2) is 18.2 Å². The van der Waals surface area contributed by atoms with Crippen LogP contribution in [0.25, 0.3) is 0 Å². The lowest BCUT2D eigenvalue weighted by Gasteiger charge is -2.17. The lowest BCUT2D eigenvalue weighted by molar-refractivity contribution is -0.143. The van der Waals surface area contributed by atoms with Crippen molar-refractivity contribution in [2.24, 2.45) is 5.92 Å². The number of rotatable bonds is 5. The standard InChI is InChI=1S/C16H20O5/c1-10(2)15(18)21-14-7-11(3)5-6-13(14)16(9-20-16)8-19-12(4)17/h5-7,10H,8-9H2,1-4H3. The van der Waals surface area contributed by atoms with Gasteiger partial charge >= 0.3 is 11.9 Å². The highest BCUT2D eigenvalue weighted by atomic mass is 16.6. The van der Waals surface area contributed by atoms with Gasteiger partial charge in [-0.25, -0.2) is 0 Å². The molecule has 114 valence electrons. The zero-order valence-electron chi connectivity index (χ0n) is 12.8. The van der Waals surface area contributed by atoms with Crippen molar-refractivity contribution < 1.29 is 23.8 Å². The molecule has 0 aromatic heterocycles. The van der Waals surface area contributed by atoms with Crippen LogP contribution in [0.5, 0.6) is 5.75 Å². The normalized spacial score (nSPS) is 20.2. The van der Waals surface area contributed by atoms with E-state index in [0.717, 1.165) is 11.1 Å². The highest BCUT2D eigenvalue weighted by Crippen LogP contribution is 2.44. The Morgan fingerprint density at radius 3 is 2.57 bits per heavy atom. The predicted octanol–water partition coefficient (Wildman–Crippen LogP) is 2.35. The van der Waals surface area contributed by atoms with E-state index in [2.05, 4.69) is 0 Å². The van der Waals surface area contributed by atoms with Gasteiger partial charge in [-0.05, 0) is 18.6 Å². The van der Waals surface area contributed by atoms with Crippen molar-refractivity contribution in [1.29, 1.82) is 0 Å². The molecule has 1 fully saturated rings. The lowest BCUT2D eigenvalue weighted by Crippen LogP contribution is -2.22. The number of carbonyl (C=O) groups is 2. The van der Waals surface area contributed by atoms with Gasteiger partial charge in [-0.2, -0.15) is 0 Å². The second-order valence-corrected chi connectivity index (χ2v) is 5.64. The molecule has 5 nitrogen and oxygen atoms in total. The minimum Gasteiger partial charge on any atom is -0.462 e. The Balaban J connectivity index is 2.27. The van der Waals surface area contributed by atoms with E-state index in [0.29, 0.717) is 12.4 Å². The Labute approximate surface area is 124 Å². The molecule has 0 radical (unpaired) electrons. The van der Waals surface area contributed by atoms with Gasteiger partial charge in [-0.15, -0.1) is 0 Å². The molecule has 1 aliphatic rings. The molecular formula is C16H20O5. The van der Waals surface area contributed by atoms with Gasteiger partial charge in [0.1, 0.15) is 12.4 Å². The minimum atomic E-state index is -0.689. The summed E-state index contributed by atoms with van der Waals surface area (Å²) < 4.78 is 16.0. The van der Waals surface area contributed by atoms with Crippen molar-refractivity contribution >= 4 is 11.9 Å². The van der Waals surface area contributed by atoms with Gasteiger partial charge < -0.3 is 14.2 Å². The number of esters is 2. The molecular weight excluding hydrogens is 272 g/mol. The van der Waals surface area contributed by atoms with Gasteiger partial charge in [-0.3, -0.25) is 9.59 Å². The molecule has 21 heavy (non-hydrogen) atoms. The monoisotopic (exact) mass is 292 g/mol. The van der Waals surface area contributed by atoms with Crippen LogP contribution in [0.1, 0.15) is 31.9 Å². The van der Waals surface area contributed by atoms with E-state index in [1.807, 2.05) is 19.1 Å². The zero-order valence-corrected chi connectivity index (χ0v) is 12.8. The van der Waals surface area contributed by atoms with Crippen molar-refractivity contribution in [3.05, 3.63) is 29.3 Å². The van der Waals surface area contributed by atoms with Crippen molar-refractivity contribution in [3.63, 3.8) is 0 Å². The van der Waals surface area contributed by atoms with Crippen molar-refractivity contribution in [3.8, 4) is 5.75 Å². The van der Waals surface area contributed by atoms with Crippen LogP contribution < -0.4 is 4.74 Å². The molecule has 1 heterocycles. The van der Waals surface area contributed by atoms with Gasteiger partial charge in [0, 0.05) is 12.5 Å². The summed E-state index contributed by atoms with van der Waals surface area (Å²) in [6.45, 7) is 7.39. The van der Waals surface area contributed by atoms with Gasteiger partial charge in [0.25, 0.3) is 0 Å². The third-order valence-corrected chi connectivity index (χ3v) is 3.31. The molecule has 1 aliphatic heterocycles. The largest absolute Gasteiger partial charge is 0.462 e. The Morgan fingerprint density at radius 2 is 2.05 bits per heavy atom. The smallest absolute Gasteiger partial charge is 0.313 e. The van der Waals surface area contributed by atoms with Crippen LogP contribution in [0.3, 0.4) is 0 Å². The summed E-state index contributed by atoms with van der Waals surface area (Å²) in [5.74, 6) is -0.413. The number of aryl methyl sites for hydroxylation is 1. The SMILES string of the molecule is CC(=O)OCC1(c2ccc(C)cc2OC(=O)C(C)C)CO1. The van der Waals surface area contributed by atoms with Crippen LogP contribution in [-0.2, 0) is 24.7 Å². The van der Waals surface area contributed by atoms with Crippen LogP contribution in [-0.4, -0.2) is 25.2 Å². The van der Waals surface area contributed by atoms with Crippen LogP contribution in [0.2, 0.25) is 0 Å². The van der Waals surface area contributed by atoms with E-state index < -0.39 is 5.60 Å². The summed E-state index contributed by atoms with van der Waals surface area (Å²) in [6, 6.07) is 5.57. The molecule has 0 amide bonds. The number of benzene rings is 1. The Morgan fingerprint density at radius 1 is 1.38 bits per heavy atom. The number of epoxide rings is 1. The molecule has 1 atom stereocenters. The molecule has 1 saturated heterocycles. The van der Waals surface area contributed by atoms with E-state index in [1.165, 1.54) is 6.92 Å². The first kappa shape index (κ1) is 15.5. The summed E-state index contributed by atoms with van der Waals surface area (Å²) in [4.78, 5) is 22.8. The fourth-order valence-electron chi connectivity index (χ4n) is 1.94. The molecule has 0 bridgehead atoms. The fourth-order valence-corrected chi connectivity index (χ4v) is 1.94. The number of hydrogen-bond acceptors (Lipinski definition) is 5. The zero-order chi connectivity index (χ0) is 15.6. The third kappa shape index (κ3) is 3.61. The molecule has 0 saturated carbocycles. The Hall–Kier alpha value is -1.88. The average Bonchev–Trinajstić information content (AvgIpc) is 3.17. The second kappa shape index (κ2) is 5.85. The van der Waals surface area contributed by atoms with Gasteiger partial charge in [0.05, 0.1) is 12.5 Å². The molecule has 0 spiro atoms. The second-order valence-electron chi connectivity index (χ2n) is 5.64. The summed E-state index contributed by atoms with van der Waals surface area (Å²) in [7, 11) is 0.